The summed E-state index contributed by atoms with van der Waals surface area (Å²) < 4.78 is 7.58. The molecule has 0 aliphatic heterocycles. The van der Waals surface area contributed by atoms with Crippen LogP contribution in [0.3, 0.4) is 0 Å². The Morgan fingerprint density at radius 3 is 2.78 bits per heavy atom. The van der Waals surface area contributed by atoms with Gasteiger partial charge in [-0.2, -0.15) is 0 Å². The summed E-state index contributed by atoms with van der Waals surface area (Å²) in [4.78, 5) is 0. The van der Waals surface area contributed by atoms with Crippen molar-refractivity contribution in [2.45, 2.75) is 20.0 Å². The molecule has 0 aliphatic rings. The Labute approximate surface area is 107 Å². The summed E-state index contributed by atoms with van der Waals surface area (Å²) >= 11 is 0. The average molecular weight is 248 g/mol. The third kappa shape index (κ3) is 1.98. The summed E-state index contributed by atoms with van der Waals surface area (Å²) in [6.07, 6.45) is -0.634. The van der Waals surface area contributed by atoms with Gasteiger partial charge in [0.1, 0.15) is 5.75 Å². The molecule has 4 heteroatoms. The number of aryl methyl sites for hydroxylation is 1. The molecule has 0 amide bonds. The summed E-state index contributed by atoms with van der Waals surface area (Å²) in [7, 11) is 1.99. The predicted molar refractivity (Wildman–Crippen MR) is 72.8 cm³/mol. The SMILES string of the molecule is CCOc1ccc2c(c1)c(C(O)CN)c(C)n2C. The average Bonchev–Trinajstić information content (AvgIpc) is 2.61. The molecule has 18 heavy (non-hydrogen) atoms. The first kappa shape index (κ1) is 12.9. The van der Waals surface area contributed by atoms with Gasteiger partial charge in [-0.3, -0.25) is 0 Å². The summed E-state index contributed by atoms with van der Waals surface area (Å²) in [5, 5.41) is 11.1. The Kier molecular flexibility index (Phi) is 3.59. The molecule has 1 atom stereocenters. The molecule has 2 aromatic rings. The minimum atomic E-state index is -0.634. The third-order valence-electron chi connectivity index (χ3n) is 3.38. The van der Waals surface area contributed by atoms with Crippen molar-refractivity contribution in [3.8, 4) is 5.75 Å². The van der Waals surface area contributed by atoms with Crippen LogP contribution in [0.4, 0.5) is 0 Å². The van der Waals surface area contributed by atoms with E-state index in [-0.39, 0.29) is 6.54 Å². The van der Waals surface area contributed by atoms with E-state index >= 15 is 0 Å². The van der Waals surface area contributed by atoms with Crippen molar-refractivity contribution in [2.24, 2.45) is 12.8 Å². The second kappa shape index (κ2) is 5.00. The molecular weight excluding hydrogens is 228 g/mol. The standard InChI is InChI=1S/C14H20N2O2/c1-4-18-10-5-6-12-11(7-10)14(13(17)8-15)9(2)16(12)3/h5-7,13,17H,4,8,15H2,1-3H3. The Balaban J connectivity index is 2.66. The van der Waals surface area contributed by atoms with E-state index in [0.717, 1.165) is 27.9 Å². The Bertz CT molecular complexity index is 560. The summed E-state index contributed by atoms with van der Waals surface area (Å²) in [6, 6.07) is 5.93. The number of fused-ring (bicyclic) bond motifs is 1. The predicted octanol–water partition coefficient (Wildman–Crippen LogP) is 1.88. The number of aliphatic hydroxyl groups excluding tert-OH is 1. The van der Waals surface area contributed by atoms with Crippen LogP contribution in [0.25, 0.3) is 10.9 Å². The number of aromatic nitrogens is 1. The highest BCUT2D eigenvalue weighted by atomic mass is 16.5. The van der Waals surface area contributed by atoms with E-state index in [2.05, 4.69) is 4.57 Å². The lowest BCUT2D eigenvalue weighted by molar-refractivity contribution is 0.187. The van der Waals surface area contributed by atoms with Crippen LogP contribution in [0.1, 0.15) is 24.3 Å². The third-order valence-corrected chi connectivity index (χ3v) is 3.38. The molecule has 2 rings (SSSR count). The van der Waals surface area contributed by atoms with Crippen molar-refractivity contribution in [3.63, 3.8) is 0 Å². The van der Waals surface area contributed by atoms with Gasteiger partial charge in [0.2, 0.25) is 0 Å². The van der Waals surface area contributed by atoms with E-state index < -0.39 is 6.10 Å². The second-order valence-electron chi connectivity index (χ2n) is 4.42. The monoisotopic (exact) mass is 248 g/mol. The lowest BCUT2D eigenvalue weighted by Gasteiger charge is -2.09. The minimum Gasteiger partial charge on any atom is -0.494 e. The summed E-state index contributed by atoms with van der Waals surface area (Å²) in [5.74, 6) is 0.820. The second-order valence-corrected chi connectivity index (χ2v) is 4.42. The van der Waals surface area contributed by atoms with E-state index in [1.165, 1.54) is 0 Å². The van der Waals surface area contributed by atoms with Crippen molar-refractivity contribution in [3.05, 3.63) is 29.5 Å². The van der Waals surface area contributed by atoms with Gasteiger partial charge in [-0.15, -0.1) is 0 Å². The van der Waals surface area contributed by atoms with Gasteiger partial charge in [0.05, 0.1) is 12.7 Å². The van der Waals surface area contributed by atoms with Crippen LogP contribution in [0, 0.1) is 6.92 Å². The first-order chi connectivity index (χ1) is 8.60. The van der Waals surface area contributed by atoms with Crippen molar-refractivity contribution < 1.29 is 9.84 Å². The Morgan fingerprint density at radius 2 is 2.17 bits per heavy atom. The molecule has 4 nitrogen and oxygen atoms in total. The normalized spacial score (nSPS) is 12.9. The number of benzene rings is 1. The number of hydrogen-bond donors (Lipinski definition) is 2. The number of aliphatic hydroxyl groups is 1. The number of hydrogen-bond acceptors (Lipinski definition) is 3. The number of nitrogens with two attached hydrogens (primary N) is 1. The van der Waals surface area contributed by atoms with Gasteiger partial charge in [0.15, 0.2) is 0 Å². The van der Waals surface area contributed by atoms with Gasteiger partial charge >= 0.3 is 0 Å². The van der Waals surface area contributed by atoms with Gasteiger partial charge in [-0.05, 0) is 32.0 Å². The zero-order valence-electron chi connectivity index (χ0n) is 11.1. The highest BCUT2D eigenvalue weighted by Gasteiger charge is 2.18. The van der Waals surface area contributed by atoms with E-state index in [0.29, 0.717) is 6.61 Å². The maximum absolute atomic E-state index is 10.1. The first-order valence-electron chi connectivity index (χ1n) is 6.20. The van der Waals surface area contributed by atoms with E-state index in [1.54, 1.807) is 0 Å². The van der Waals surface area contributed by atoms with Crippen LogP contribution in [0.5, 0.6) is 5.75 Å². The van der Waals surface area contributed by atoms with Crippen LogP contribution in [-0.2, 0) is 7.05 Å². The van der Waals surface area contributed by atoms with Crippen molar-refractivity contribution >= 4 is 10.9 Å². The fourth-order valence-electron chi connectivity index (χ4n) is 2.37. The van der Waals surface area contributed by atoms with Crippen LogP contribution >= 0.6 is 0 Å². The molecule has 1 heterocycles. The molecule has 0 saturated carbocycles. The molecule has 1 aromatic heterocycles. The van der Waals surface area contributed by atoms with Crippen LogP contribution in [-0.4, -0.2) is 22.8 Å². The number of ether oxygens (including phenoxy) is 1. The van der Waals surface area contributed by atoms with Crippen molar-refractivity contribution in [1.29, 1.82) is 0 Å². The lowest BCUT2D eigenvalue weighted by atomic mass is 10.1. The topological polar surface area (TPSA) is 60.4 Å². The smallest absolute Gasteiger partial charge is 0.120 e. The van der Waals surface area contributed by atoms with Crippen LogP contribution in [0.15, 0.2) is 18.2 Å². The molecule has 0 spiro atoms. The molecule has 0 fully saturated rings. The zero-order valence-corrected chi connectivity index (χ0v) is 11.1. The minimum absolute atomic E-state index is 0.221. The molecule has 3 N–H and O–H groups in total. The Hall–Kier alpha value is -1.52. The van der Waals surface area contributed by atoms with Crippen LogP contribution in [0.2, 0.25) is 0 Å². The molecule has 98 valence electrons. The molecule has 0 aliphatic carbocycles. The van der Waals surface area contributed by atoms with Crippen LogP contribution < -0.4 is 10.5 Å². The van der Waals surface area contributed by atoms with Gasteiger partial charge in [0.25, 0.3) is 0 Å². The zero-order chi connectivity index (χ0) is 13.3. The van der Waals surface area contributed by atoms with E-state index in [9.17, 15) is 5.11 Å². The summed E-state index contributed by atoms with van der Waals surface area (Å²) in [5.41, 5.74) is 8.60. The fraction of sp³-hybridized carbons (Fsp3) is 0.429. The maximum Gasteiger partial charge on any atom is 0.120 e. The van der Waals surface area contributed by atoms with Gasteiger partial charge in [-0.1, -0.05) is 0 Å². The highest BCUT2D eigenvalue weighted by molar-refractivity contribution is 5.87. The first-order valence-corrected chi connectivity index (χ1v) is 6.20. The van der Waals surface area contributed by atoms with Crippen molar-refractivity contribution in [1.82, 2.24) is 4.57 Å². The largest absolute Gasteiger partial charge is 0.494 e. The van der Waals surface area contributed by atoms with Gasteiger partial charge in [0, 0.05) is 35.8 Å². The highest BCUT2D eigenvalue weighted by Crippen LogP contribution is 2.32. The van der Waals surface area contributed by atoms with Gasteiger partial charge < -0.3 is 20.1 Å². The molecule has 0 radical (unpaired) electrons. The van der Waals surface area contributed by atoms with E-state index in [1.807, 2.05) is 39.1 Å². The molecule has 1 aromatic carbocycles. The number of nitrogens with zero attached hydrogens (tertiary/aromatic N) is 1. The molecule has 1 unspecified atom stereocenters. The van der Waals surface area contributed by atoms with E-state index in [4.69, 9.17) is 10.5 Å². The maximum atomic E-state index is 10.1. The molecule has 0 saturated heterocycles. The lowest BCUT2D eigenvalue weighted by Crippen LogP contribution is -2.12. The van der Waals surface area contributed by atoms with Gasteiger partial charge in [-0.25, -0.2) is 0 Å². The fourth-order valence-corrected chi connectivity index (χ4v) is 2.37. The number of rotatable bonds is 4. The summed E-state index contributed by atoms with van der Waals surface area (Å²) in [6.45, 7) is 4.80. The molecular formula is C14H20N2O2. The quantitative estimate of drug-likeness (QED) is 0.868. The Morgan fingerprint density at radius 1 is 1.44 bits per heavy atom. The molecule has 0 bridgehead atoms. The van der Waals surface area contributed by atoms with Crippen molar-refractivity contribution in [2.75, 3.05) is 13.2 Å².